The topological polar surface area (TPSA) is 102 Å². The van der Waals surface area contributed by atoms with E-state index in [0.717, 1.165) is 49.7 Å². The maximum atomic E-state index is 14.1. The lowest BCUT2D eigenvalue weighted by Gasteiger charge is -2.29. The average Bonchev–Trinajstić information content (AvgIpc) is 3.56. The van der Waals surface area contributed by atoms with Gasteiger partial charge in [-0.1, -0.05) is 48.2 Å². The van der Waals surface area contributed by atoms with Crippen molar-refractivity contribution in [2.75, 3.05) is 46.0 Å². The smallest absolute Gasteiger partial charge is 0.295 e. The van der Waals surface area contributed by atoms with Crippen LogP contribution in [0.15, 0.2) is 72.3 Å². The third-order valence-corrected chi connectivity index (χ3v) is 8.64. The van der Waals surface area contributed by atoms with Crippen LogP contribution in [0.2, 0.25) is 0 Å². The van der Waals surface area contributed by atoms with Crippen molar-refractivity contribution in [3.05, 3.63) is 94.6 Å². The van der Waals surface area contributed by atoms with E-state index in [2.05, 4.69) is 0 Å². The van der Waals surface area contributed by atoms with Crippen LogP contribution in [0.1, 0.15) is 48.6 Å². The van der Waals surface area contributed by atoms with Crippen LogP contribution in [-0.4, -0.2) is 68.7 Å². The van der Waals surface area contributed by atoms with E-state index in [1.807, 2.05) is 50.2 Å². The number of likely N-dealkylation sites (tertiary alicyclic amines) is 1. The Labute approximate surface area is 263 Å². The Morgan fingerprint density at radius 1 is 1.00 bits per heavy atom. The number of nitrogens with one attached hydrogen (secondary N) is 1. The molecule has 0 saturated carbocycles. The Balaban J connectivity index is 1.35. The second kappa shape index (κ2) is 13.7. The molecule has 3 aliphatic rings. The summed E-state index contributed by atoms with van der Waals surface area (Å²) in [7, 11) is 0. The zero-order valence-electron chi connectivity index (χ0n) is 25.9. The third-order valence-electron chi connectivity index (χ3n) is 8.64. The zero-order valence-corrected chi connectivity index (χ0v) is 25.9. The van der Waals surface area contributed by atoms with Crippen LogP contribution in [0.5, 0.6) is 17.2 Å². The van der Waals surface area contributed by atoms with E-state index in [4.69, 9.17) is 18.9 Å². The fourth-order valence-electron chi connectivity index (χ4n) is 6.39. The molecule has 2 atom stereocenters. The number of hydrogen-bond donors (Lipinski definition) is 1. The molecular weight excluding hydrogens is 572 g/mol. The fraction of sp³-hybridized carbons (Fsp3) is 0.389. The van der Waals surface area contributed by atoms with E-state index in [9.17, 15) is 14.7 Å². The summed E-state index contributed by atoms with van der Waals surface area (Å²) in [5.41, 5.74) is 2.90. The molecule has 2 unspecified atom stereocenters. The monoisotopic (exact) mass is 612 g/mol. The molecule has 6 rings (SSSR count). The van der Waals surface area contributed by atoms with E-state index >= 15 is 0 Å². The molecular formula is C36H40N2O7. The van der Waals surface area contributed by atoms with E-state index in [0.29, 0.717) is 55.2 Å². The predicted molar refractivity (Wildman–Crippen MR) is 166 cm³/mol. The van der Waals surface area contributed by atoms with Crippen LogP contribution in [-0.2, 0) is 27.4 Å². The van der Waals surface area contributed by atoms with E-state index in [1.54, 1.807) is 35.2 Å². The van der Waals surface area contributed by atoms with Gasteiger partial charge in [-0.05, 0) is 60.4 Å². The Bertz CT molecular complexity index is 1560. The zero-order chi connectivity index (χ0) is 31.3. The first-order valence-corrected chi connectivity index (χ1v) is 15.8. The molecule has 2 fully saturated rings. The molecule has 1 N–H and O–H groups in total. The molecule has 0 bridgehead atoms. The van der Waals surface area contributed by atoms with E-state index in [-0.39, 0.29) is 11.7 Å². The van der Waals surface area contributed by atoms with Crippen molar-refractivity contribution in [2.24, 2.45) is 0 Å². The number of quaternary nitrogens is 1. The third kappa shape index (κ3) is 6.70. The normalized spacial score (nSPS) is 21.1. The van der Waals surface area contributed by atoms with Crippen molar-refractivity contribution in [3.63, 3.8) is 0 Å². The predicted octanol–water partition coefficient (Wildman–Crippen LogP) is 2.52. The average molecular weight is 613 g/mol. The number of fused-ring (bicyclic) bond motifs is 1. The van der Waals surface area contributed by atoms with E-state index < -0.39 is 23.5 Å². The molecule has 0 spiro atoms. The quantitative estimate of drug-likeness (QED) is 0.202. The molecule has 3 heterocycles. The molecule has 0 radical (unpaired) electrons. The standard InChI is InChI=1S/C36H40N2O7/c1-3-43-31-22-26(10-13-30(31)44-23-25-8-5-4-6-9-25)33-32(34(39)27-11-12-29-28(21-27)20-24(2)45-29)35(40)36(41)38(33)15-7-14-37-16-18-42-19-17-37/h4-6,8-13,21-22,24,33,39H,3,7,14-20,23H2,1-2H3/b34-32+. The van der Waals surface area contributed by atoms with Crippen molar-refractivity contribution in [1.29, 1.82) is 0 Å². The SMILES string of the molecule is CCOc1cc(C2/C(=C(\[O-])c3ccc4c(c3)CC(C)O4)C(=O)C(=O)N2CCC[NH+]2CCOCC2)ccc1OCc1ccccc1. The van der Waals surface area contributed by atoms with Crippen molar-refractivity contribution >= 4 is 17.4 Å². The molecule has 3 aromatic rings. The lowest BCUT2D eigenvalue weighted by molar-refractivity contribution is -0.908. The summed E-state index contributed by atoms with van der Waals surface area (Å²) in [6, 6.07) is 19.7. The summed E-state index contributed by atoms with van der Waals surface area (Å²) >= 11 is 0. The van der Waals surface area contributed by atoms with Crippen molar-refractivity contribution < 1.29 is 38.5 Å². The number of carbonyl (C=O) groups excluding carboxylic acids is 2. The van der Waals surface area contributed by atoms with Crippen LogP contribution >= 0.6 is 0 Å². The molecule has 1 amide bonds. The lowest BCUT2D eigenvalue weighted by atomic mass is 9.94. The van der Waals surface area contributed by atoms with Gasteiger partial charge in [0.2, 0.25) is 5.78 Å². The van der Waals surface area contributed by atoms with Crippen LogP contribution in [0, 0.1) is 0 Å². The first kappa shape index (κ1) is 30.7. The number of benzene rings is 3. The number of hydrogen-bond acceptors (Lipinski definition) is 7. The highest BCUT2D eigenvalue weighted by molar-refractivity contribution is 6.46. The summed E-state index contributed by atoms with van der Waals surface area (Å²) in [5, 5.41) is 14.1. The number of nitrogens with zero attached hydrogens (tertiary/aromatic N) is 1. The maximum Gasteiger partial charge on any atom is 0.295 e. The summed E-state index contributed by atoms with van der Waals surface area (Å²) in [6.07, 6.45) is 1.39. The minimum Gasteiger partial charge on any atom is -0.872 e. The number of Topliss-reactive ketones (excluding diaryl/α,β-unsaturated/α-hetero) is 1. The van der Waals surface area contributed by atoms with Crippen molar-refractivity contribution in [1.82, 2.24) is 4.90 Å². The summed E-state index contributed by atoms with van der Waals surface area (Å²) in [6.45, 7) is 9.06. The molecule has 45 heavy (non-hydrogen) atoms. The van der Waals surface area contributed by atoms with Crippen LogP contribution in [0.4, 0.5) is 0 Å². The van der Waals surface area contributed by atoms with Crippen LogP contribution in [0.25, 0.3) is 5.76 Å². The number of morpholine rings is 1. The number of carbonyl (C=O) groups is 2. The van der Waals surface area contributed by atoms with Gasteiger partial charge in [0.1, 0.15) is 31.5 Å². The Kier molecular flexibility index (Phi) is 9.37. The summed E-state index contributed by atoms with van der Waals surface area (Å²) in [4.78, 5) is 30.2. The van der Waals surface area contributed by atoms with Gasteiger partial charge in [-0.3, -0.25) is 9.59 Å². The molecule has 0 aromatic heterocycles. The van der Waals surface area contributed by atoms with Gasteiger partial charge >= 0.3 is 0 Å². The highest BCUT2D eigenvalue weighted by Gasteiger charge is 2.44. The fourth-order valence-corrected chi connectivity index (χ4v) is 6.39. The number of rotatable bonds is 11. The molecule has 3 aliphatic heterocycles. The first-order valence-electron chi connectivity index (χ1n) is 15.8. The minimum atomic E-state index is -0.844. The highest BCUT2D eigenvalue weighted by atomic mass is 16.5. The van der Waals surface area contributed by atoms with Gasteiger partial charge in [0.25, 0.3) is 5.91 Å². The van der Waals surface area contributed by atoms with Gasteiger partial charge in [0.05, 0.1) is 32.4 Å². The summed E-state index contributed by atoms with van der Waals surface area (Å²) < 4.78 is 23.4. The Hall–Kier alpha value is -4.34. The van der Waals surface area contributed by atoms with Crippen molar-refractivity contribution in [3.8, 4) is 17.2 Å². The van der Waals surface area contributed by atoms with Crippen LogP contribution in [0.3, 0.4) is 0 Å². The van der Waals surface area contributed by atoms with Gasteiger partial charge in [0, 0.05) is 25.0 Å². The summed E-state index contributed by atoms with van der Waals surface area (Å²) in [5.74, 6) is -0.0652. The molecule has 0 aliphatic carbocycles. The Morgan fingerprint density at radius 3 is 2.58 bits per heavy atom. The highest BCUT2D eigenvalue weighted by Crippen LogP contribution is 2.42. The van der Waals surface area contributed by atoms with Crippen LogP contribution < -0.4 is 24.2 Å². The molecule has 9 heteroatoms. The lowest BCUT2D eigenvalue weighted by Crippen LogP contribution is -3.14. The second-order valence-corrected chi connectivity index (χ2v) is 11.8. The number of amides is 1. The second-order valence-electron chi connectivity index (χ2n) is 11.8. The molecule has 9 nitrogen and oxygen atoms in total. The minimum absolute atomic E-state index is 0.0177. The molecule has 236 valence electrons. The van der Waals surface area contributed by atoms with Gasteiger partial charge in [-0.25, -0.2) is 0 Å². The van der Waals surface area contributed by atoms with E-state index in [1.165, 1.54) is 4.90 Å². The number of ketones is 1. The van der Waals surface area contributed by atoms with Gasteiger partial charge in [-0.15, -0.1) is 0 Å². The van der Waals surface area contributed by atoms with Crippen molar-refractivity contribution in [2.45, 2.75) is 45.4 Å². The van der Waals surface area contributed by atoms with Gasteiger partial charge in [0.15, 0.2) is 11.5 Å². The first-order chi connectivity index (χ1) is 21.9. The maximum absolute atomic E-state index is 14.1. The Morgan fingerprint density at radius 2 is 1.80 bits per heavy atom. The molecule has 3 aromatic carbocycles. The molecule has 2 saturated heterocycles. The number of ether oxygens (including phenoxy) is 4. The largest absolute Gasteiger partial charge is 0.872 e. The van der Waals surface area contributed by atoms with Gasteiger partial charge in [-0.2, -0.15) is 0 Å². The van der Waals surface area contributed by atoms with Gasteiger partial charge < -0.3 is 33.9 Å².